The number of aromatic nitrogens is 3. The third-order valence-electron chi connectivity index (χ3n) is 3.14. The summed E-state index contributed by atoms with van der Waals surface area (Å²) in [7, 11) is 0. The zero-order chi connectivity index (χ0) is 10.7. The lowest BCUT2D eigenvalue weighted by Gasteiger charge is -2.10. The Balaban J connectivity index is 1.82. The molecule has 1 saturated carbocycles. The van der Waals surface area contributed by atoms with Gasteiger partial charge in [-0.3, -0.25) is 4.79 Å². The fraction of sp³-hybridized carbons (Fsp3) is 0.700. The number of aliphatic carboxylic acids is 1. The van der Waals surface area contributed by atoms with E-state index in [-0.39, 0.29) is 0 Å². The normalized spacial score (nSPS) is 25.6. The van der Waals surface area contributed by atoms with E-state index < -0.39 is 5.97 Å². The molecule has 0 saturated heterocycles. The Morgan fingerprint density at radius 3 is 2.80 bits per heavy atom. The first-order valence-corrected chi connectivity index (χ1v) is 5.31. The van der Waals surface area contributed by atoms with Crippen LogP contribution < -0.4 is 0 Å². The first kappa shape index (κ1) is 10.1. The Hall–Kier alpha value is -1.39. The number of carboxylic acids is 1. The predicted octanol–water partition coefficient (Wildman–Crippen LogP) is 1.48. The largest absolute Gasteiger partial charge is 0.481 e. The van der Waals surface area contributed by atoms with Gasteiger partial charge in [-0.25, -0.2) is 0 Å². The molecule has 2 unspecified atom stereocenters. The molecule has 0 amide bonds. The molecule has 0 spiro atoms. The van der Waals surface area contributed by atoms with E-state index in [0.29, 0.717) is 18.4 Å². The van der Waals surface area contributed by atoms with E-state index in [9.17, 15) is 4.79 Å². The highest BCUT2D eigenvalue weighted by Crippen LogP contribution is 2.36. The molecule has 1 aromatic heterocycles. The van der Waals surface area contributed by atoms with Crippen molar-refractivity contribution in [1.82, 2.24) is 14.8 Å². The Labute approximate surface area is 88.1 Å². The average molecular weight is 209 g/mol. The van der Waals surface area contributed by atoms with Gasteiger partial charge >= 0.3 is 5.97 Å². The molecule has 1 aliphatic rings. The predicted molar refractivity (Wildman–Crippen MR) is 53.3 cm³/mol. The van der Waals surface area contributed by atoms with E-state index in [0.717, 1.165) is 25.7 Å². The molecule has 1 heterocycles. The summed E-state index contributed by atoms with van der Waals surface area (Å²) in [4.78, 5) is 10.4. The van der Waals surface area contributed by atoms with Crippen LogP contribution in [0.2, 0.25) is 0 Å². The van der Waals surface area contributed by atoms with Crippen molar-refractivity contribution in [2.75, 3.05) is 0 Å². The molecule has 1 aromatic rings. The van der Waals surface area contributed by atoms with Crippen molar-refractivity contribution in [3.05, 3.63) is 12.7 Å². The van der Waals surface area contributed by atoms with Crippen molar-refractivity contribution in [2.45, 2.75) is 38.1 Å². The van der Waals surface area contributed by atoms with Gasteiger partial charge < -0.3 is 9.67 Å². The molecule has 82 valence electrons. The van der Waals surface area contributed by atoms with E-state index >= 15 is 0 Å². The quantitative estimate of drug-likeness (QED) is 0.815. The second-order valence-electron chi connectivity index (χ2n) is 4.17. The highest BCUT2D eigenvalue weighted by molar-refractivity contribution is 5.66. The van der Waals surface area contributed by atoms with Gasteiger partial charge in [0.15, 0.2) is 0 Å². The second-order valence-corrected chi connectivity index (χ2v) is 4.17. The van der Waals surface area contributed by atoms with Gasteiger partial charge in [0.25, 0.3) is 0 Å². The summed E-state index contributed by atoms with van der Waals surface area (Å²) in [5.74, 6) is -0.142. The lowest BCUT2D eigenvalue weighted by Crippen LogP contribution is -2.04. The van der Waals surface area contributed by atoms with E-state index in [2.05, 4.69) is 10.2 Å². The minimum Gasteiger partial charge on any atom is -0.481 e. The van der Waals surface area contributed by atoms with Crippen molar-refractivity contribution in [3.8, 4) is 0 Å². The van der Waals surface area contributed by atoms with Crippen molar-refractivity contribution in [3.63, 3.8) is 0 Å². The number of nitrogens with zero attached hydrogens (tertiary/aromatic N) is 3. The molecule has 1 N–H and O–H groups in total. The Kier molecular flexibility index (Phi) is 2.99. The SMILES string of the molecule is O=C(O)CCC1CCC(n2cnnc2)C1. The van der Waals surface area contributed by atoms with Crippen molar-refractivity contribution in [1.29, 1.82) is 0 Å². The lowest BCUT2D eigenvalue weighted by atomic mass is 10.0. The molecule has 1 fully saturated rings. The van der Waals surface area contributed by atoms with Crippen molar-refractivity contribution in [2.24, 2.45) is 5.92 Å². The van der Waals surface area contributed by atoms with Crippen LogP contribution in [0, 0.1) is 5.92 Å². The van der Waals surface area contributed by atoms with Crippen LogP contribution in [0.25, 0.3) is 0 Å². The summed E-state index contributed by atoms with van der Waals surface area (Å²) < 4.78 is 2.03. The molecule has 5 nitrogen and oxygen atoms in total. The van der Waals surface area contributed by atoms with E-state index in [1.165, 1.54) is 0 Å². The second kappa shape index (κ2) is 4.42. The third kappa shape index (κ3) is 2.55. The minimum atomic E-state index is -0.692. The fourth-order valence-electron chi connectivity index (χ4n) is 2.31. The van der Waals surface area contributed by atoms with Crippen LogP contribution in [-0.2, 0) is 4.79 Å². The minimum absolute atomic E-state index is 0.291. The number of hydrogen-bond donors (Lipinski definition) is 1. The third-order valence-corrected chi connectivity index (χ3v) is 3.14. The average Bonchev–Trinajstić information content (AvgIpc) is 2.85. The number of rotatable bonds is 4. The van der Waals surface area contributed by atoms with E-state index in [1.807, 2.05) is 4.57 Å². The lowest BCUT2D eigenvalue weighted by molar-refractivity contribution is -0.137. The van der Waals surface area contributed by atoms with Gasteiger partial charge in [0.05, 0.1) is 0 Å². The molecule has 2 atom stereocenters. The summed E-state index contributed by atoms with van der Waals surface area (Å²) in [6, 6.07) is 0.471. The van der Waals surface area contributed by atoms with Crippen LogP contribution in [0.5, 0.6) is 0 Å². The zero-order valence-electron chi connectivity index (χ0n) is 8.54. The van der Waals surface area contributed by atoms with Gasteiger partial charge in [0.1, 0.15) is 12.7 Å². The van der Waals surface area contributed by atoms with Crippen LogP contribution in [0.15, 0.2) is 12.7 Å². The topological polar surface area (TPSA) is 68.0 Å². The summed E-state index contributed by atoms with van der Waals surface area (Å²) in [6.07, 6.45) is 7.87. The standard InChI is InChI=1S/C10H15N3O2/c14-10(15)4-2-8-1-3-9(5-8)13-6-11-12-7-13/h6-9H,1-5H2,(H,14,15). The van der Waals surface area contributed by atoms with Crippen LogP contribution in [-0.4, -0.2) is 25.8 Å². The van der Waals surface area contributed by atoms with Gasteiger partial charge in [0, 0.05) is 12.5 Å². The molecule has 0 aliphatic heterocycles. The molecule has 0 radical (unpaired) electrons. The van der Waals surface area contributed by atoms with Gasteiger partial charge in [-0.1, -0.05) is 0 Å². The highest BCUT2D eigenvalue weighted by atomic mass is 16.4. The molecule has 1 aliphatic carbocycles. The molecule has 2 rings (SSSR count). The zero-order valence-corrected chi connectivity index (χ0v) is 8.54. The number of carboxylic acid groups (broad SMARTS) is 1. The van der Waals surface area contributed by atoms with E-state index in [4.69, 9.17) is 5.11 Å². The Bertz CT molecular complexity index is 323. The fourth-order valence-corrected chi connectivity index (χ4v) is 2.31. The van der Waals surface area contributed by atoms with Crippen molar-refractivity contribution >= 4 is 5.97 Å². The van der Waals surface area contributed by atoms with Gasteiger partial charge in [-0.15, -0.1) is 10.2 Å². The van der Waals surface area contributed by atoms with Gasteiger partial charge in [-0.2, -0.15) is 0 Å². The monoisotopic (exact) mass is 209 g/mol. The molecule has 15 heavy (non-hydrogen) atoms. The van der Waals surface area contributed by atoms with Gasteiger partial charge in [-0.05, 0) is 31.6 Å². The van der Waals surface area contributed by atoms with Crippen LogP contribution in [0.3, 0.4) is 0 Å². The van der Waals surface area contributed by atoms with Crippen LogP contribution in [0.1, 0.15) is 38.1 Å². The molecular formula is C10H15N3O2. The van der Waals surface area contributed by atoms with Crippen LogP contribution >= 0.6 is 0 Å². The van der Waals surface area contributed by atoms with E-state index in [1.54, 1.807) is 12.7 Å². The Morgan fingerprint density at radius 1 is 1.40 bits per heavy atom. The molecular weight excluding hydrogens is 194 g/mol. The Morgan fingerprint density at radius 2 is 2.13 bits per heavy atom. The maximum absolute atomic E-state index is 10.4. The number of hydrogen-bond acceptors (Lipinski definition) is 3. The maximum atomic E-state index is 10.4. The van der Waals surface area contributed by atoms with Crippen molar-refractivity contribution < 1.29 is 9.90 Å². The van der Waals surface area contributed by atoms with Crippen LogP contribution in [0.4, 0.5) is 0 Å². The summed E-state index contributed by atoms with van der Waals surface area (Å²) in [6.45, 7) is 0. The first-order valence-electron chi connectivity index (χ1n) is 5.31. The summed E-state index contributed by atoms with van der Waals surface area (Å²) in [5.41, 5.74) is 0. The molecule has 0 aromatic carbocycles. The maximum Gasteiger partial charge on any atom is 0.303 e. The highest BCUT2D eigenvalue weighted by Gasteiger charge is 2.25. The number of carbonyl (C=O) groups is 1. The molecule has 0 bridgehead atoms. The summed E-state index contributed by atoms with van der Waals surface area (Å²) in [5, 5.41) is 16.2. The molecule has 5 heteroatoms. The van der Waals surface area contributed by atoms with Gasteiger partial charge in [0.2, 0.25) is 0 Å². The summed E-state index contributed by atoms with van der Waals surface area (Å²) >= 11 is 0. The first-order chi connectivity index (χ1) is 7.25. The smallest absolute Gasteiger partial charge is 0.303 e.